The van der Waals surface area contributed by atoms with Gasteiger partial charge in [-0.05, 0) is 43.7 Å². The van der Waals surface area contributed by atoms with Crippen LogP contribution in [0.3, 0.4) is 0 Å². The van der Waals surface area contributed by atoms with Crippen LogP contribution >= 0.6 is 22.9 Å². The molecule has 0 radical (unpaired) electrons. The molecular weight excluding hydrogens is 316 g/mol. The highest BCUT2D eigenvalue weighted by atomic mass is 35.5. The summed E-state index contributed by atoms with van der Waals surface area (Å²) in [6.45, 7) is 2.02. The number of benzene rings is 1. The van der Waals surface area contributed by atoms with Gasteiger partial charge in [0.05, 0.1) is 5.02 Å². The van der Waals surface area contributed by atoms with Gasteiger partial charge in [-0.3, -0.25) is 4.79 Å². The molecule has 1 amide bonds. The first kappa shape index (κ1) is 15.3. The van der Waals surface area contributed by atoms with Crippen LogP contribution in [-0.2, 0) is 0 Å². The zero-order chi connectivity index (χ0) is 15.5. The number of nitrogens with zero attached hydrogens (tertiary/aromatic N) is 1. The van der Waals surface area contributed by atoms with Gasteiger partial charge in [-0.1, -0.05) is 35.9 Å². The van der Waals surface area contributed by atoms with Gasteiger partial charge in [0.2, 0.25) is 0 Å². The molecule has 1 aliphatic carbocycles. The van der Waals surface area contributed by atoms with E-state index in [2.05, 4.69) is 22.7 Å². The Morgan fingerprint density at radius 1 is 1.45 bits per heavy atom. The van der Waals surface area contributed by atoms with Crippen LogP contribution in [0.1, 0.15) is 34.5 Å². The molecule has 0 saturated heterocycles. The standard InChI is InChI=1S/C17H17ClN2OS/c1-11-7-8-13-14(9-11)22-16(15(13)18)17(21)20-19-10-12-5-3-2-4-6-12/h2-3,7-10,12H,4-6H2,1H3,(H,20,21)/b19-10-/t12-/m0/s1. The van der Waals surface area contributed by atoms with E-state index in [0.717, 1.165) is 34.9 Å². The van der Waals surface area contributed by atoms with E-state index in [1.165, 1.54) is 11.3 Å². The number of carbonyl (C=O) groups is 1. The Kier molecular flexibility index (Phi) is 4.60. The first-order valence-electron chi connectivity index (χ1n) is 7.32. The number of halogens is 1. The summed E-state index contributed by atoms with van der Waals surface area (Å²) in [6.07, 6.45) is 9.31. The lowest BCUT2D eigenvalue weighted by Crippen LogP contribution is -2.18. The van der Waals surface area contributed by atoms with Crippen molar-refractivity contribution < 1.29 is 4.79 Å². The van der Waals surface area contributed by atoms with Crippen molar-refractivity contribution in [3.63, 3.8) is 0 Å². The third-order valence-corrected chi connectivity index (χ3v) is 5.41. The monoisotopic (exact) mass is 332 g/mol. The average molecular weight is 333 g/mol. The maximum atomic E-state index is 12.2. The van der Waals surface area contributed by atoms with Crippen LogP contribution in [0, 0.1) is 12.8 Å². The van der Waals surface area contributed by atoms with E-state index in [4.69, 9.17) is 11.6 Å². The minimum absolute atomic E-state index is 0.244. The van der Waals surface area contributed by atoms with E-state index in [1.54, 1.807) is 0 Å². The zero-order valence-corrected chi connectivity index (χ0v) is 13.9. The van der Waals surface area contributed by atoms with E-state index >= 15 is 0 Å². The Hall–Kier alpha value is -1.65. The van der Waals surface area contributed by atoms with Crippen LogP contribution in [0.4, 0.5) is 0 Å². The largest absolute Gasteiger partial charge is 0.282 e. The fourth-order valence-electron chi connectivity index (χ4n) is 2.52. The minimum Gasteiger partial charge on any atom is -0.266 e. The van der Waals surface area contributed by atoms with Crippen LogP contribution in [0.15, 0.2) is 35.5 Å². The lowest BCUT2D eigenvalue weighted by Gasteiger charge is -2.11. The number of carbonyl (C=O) groups excluding carboxylic acids is 1. The zero-order valence-electron chi connectivity index (χ0n) is 12.3. The van der Waals surface area contributed by atoms with Gasteiger partial charge in [-0.25, -0.2) is 5.43 Å². The molecule has 0 bridgehead atoms. The van der Waals surface area contributed by atoms with Gasteiger partial charge in [0.25, 0.3) is 5.91 Å². The highest BCUT2D eigenvalue weighted by Crippen LogP contribution is 2.35. The first-order valence-corrected chi connectivity index (χ1v) is 8.52. The maximum Gasteiger partial charge on any atom is 0.282 e. The number of hydrazone groups is 1. The second-order valence-electron chi connectivity index (χ2n) is 5.51. The molecule has 0 unspecified atom stereocenters. The number of nitrogens with one attached hydrogen (secondary N) is 1. The number of amides is 1. The fourth-order valence-corrected chi connectivity index (χ4v) is 4.03. The molecule has 1 aliphatic rings. The summed E-state index contributed by atoms with van der Waals surface area (Å²) in [5.74, 6) is 0.164. The number of rotatable bonds is 3. The van der Waals surface area contributed by atoms with Crippen molar-refractivity contribution in [1.29, 1.82) is 0 Å². The van der Waals surface area contributed by atoms with Crippen LogP contribution < -0.4 is 5.43 Å². The number of fused-ring (bicyclic) bond motifs is 1. The van der Waals surface area contributed by atoms with Crippen LogP contribution in [0.2, 0.25) is 5.02 Å². The van der Waals surface area contributed by atoms with Crippen molar-refractivity contribution in [1.82, 2.24) is 5.43 Å². The second kappa shape index (κ2) is 6.63. The average Bonchev–Trinajstić information content (AvgIpc) is 2.84. The predicted octanol–water partition coefficient (Wildman–Crippen LogP) is 4.94. The number of allylic oxidation sites excluding steroid dienone is 2. The number of aryl methyl sites for hydroxylation is 1. The van der Waals surface area contributed by atoms with Crippen LogP contribution in [-0.4, -0.2) is 12.1 Å². The van der Waals surface area contributed by atoms with Crippen molar-refractivity contribution in [3.05, 3.63) is 45.8 Å². The van der Waals surface area contributed by atoms with E-state index < -0.39 is 0 Å². The van der Waals surface area contributed by atoms with Crippen LogP contribution in [0.25, 0.3) is 10.1 Å². The number of hydrogen-bond donors (Lipinski definition) is 1. The smallest absolute Gasteiger partial charge is 0.266 e. The van der Waals surface area contributed by atoms with E-state index in [0.29, 0.717) is 15.8 Å². The van der Waals surface area contributed by atoms with E-state index in [-0.39, 0.29) is 5.91 Å². The molecule has 2 aromatic rings. The van der Waals surface area contributed by atoms with Gasteiger partial charge in [0.1, 0.15) is 4.88 Å². The third kappa shape index (κ3) is 3.23. The van der Waals surface area contributed by atoms with Crippen molar-refractivity contribution >= 4 is 45.1 Å². The summed E-state index contributed by atoms with van der Waals surface area (Å²) >= 11 is 7.72. The van der Waals surface area contributed by atoms with Crippen LogP contribution in [0.5, 0.6) is 0 Å². The topological polar surface area (TPSA) is 41.5 Å². The Bertz CT molecular complexity index is 763. The Morgan fingerprint density at radius 2 is 2.32 bits per heavy atom. The second-order valence-corrected chi connectivity index (χ2v) is 6.94. The maximum absolute atomic E-state index is 12.2. The number of thiophene rings is 1. The molecule has 0 fully saturated rings. The van der Waals surface area contributed by atoms with E-state index in [1.807, 2.05) is 31.3 Å². The molecule has 1 atom stereocenters. The quantitative estimate of drug-likeness (QED) is 0.483. The van der Waals surface area contributed by atoms with Gasteiger partial charge in [0.15, 0.2) is 0 Å². The first-order chi connectivity index (χ1) is 10.6. The molecule has 0 aliphatic heterocycles. The molecule has 1 aromatic carbocycles. The third-order valence-electron chi connectivity index (χ3n) is 3.75. The summed E-state index contributed by atoms with van der Waals surface area (Å²) in [5.41, 5.74) is 3.75. The SMILES string of the molecule is Cc1ccc2c(Cl)c(C(=O)N/N=C\[C@H]3CC=CCC3)sc2c1. The molecule has 3 nitrogen and oxygen atoms in total. The molecule has 114 valence electrons. The summed E-state index contributed by atoms with van der Waals surface area (Å²) in [6, 6.07) is 6.00. The molecule has 3 rings (SSSR count). The molecule has 1 heterocycles. The fraction of sp³-hybridized carbons (Fsp3) is 0.294. The highest BCUT2D eigenvalue weighted by molar-refractivity contribution is 7.21. The van der Waals surface area contributed by atoms with Gasteiger partial charge < -0.3 is 0 Å². The minimum atomic E-state index is -0.244. The lowest BCUT2D eigenvalue weighted by molar-refractivity contribution is 0.0959. The number of hydrogen-bond acceptors (Lipinski definition) is 3. The molecule has 1 N–H and O–H groups in total. The lowest BCUT2D eigenvalue weighted by atomic mass is 9.96. The highest BCUT2D eigenvalue weighted by Gasteiger charge is 2.17. The normalized spacial score (nSPS) is 18.2. The predicted molar refractivity (Wildman–Crippen MR) is 94.0 cm³/mol. The Labute approximate surface area is 138 Å². The summed E-state index contributed by atoms with van der Waals surface area (Å²) in [7, 11) is 0. The Balaban J connectivity index is 1.73. The Morgan fingerprint density at radius 3 is 3.09 bits per heavy atom. The summed E-state index contributed by atoms with van der Waals surface area (Å²) in [4.78, 5) is 12.8. The van der Waals surface area contributed by atoms with Gasteiger partial charge in [-0.15, -0.1) is 11.3 Å². The molecule has 0 saturated carbocycles. The molecule has 0 spiro atoms. The van der Waals surface area contributed by atoms with Crippen molar-refractivity contribution in [2.45, 2.75) is 26.2 Å². The summed E-state index contributed by atoms with van der Waals surface area (Å²) in [5, 5.41) is 5.52. The summed E-state index contributed by atoms with van der Waals surface area (Å²) < 4.78 is 1.02. The van der Waals surface area contributed by atoms with Crippen molar-refractivity contribution in [3.8, 4) is 0 Å². The van der Waals surface area contributed by atoms with Gasteiger partial charge >= 0.3 is 0 Å². The van der Waals surface area contributed by atoms with E-state index in [9.17, 15) is 4.79 Å². The van der Waals surface area contributed by atoms with Crippen molar-refractivity contribution in [2.75, 3.05) is 0 Å². The molecule has 22 heavy (non-hydrogen) atoms. The molecule has 5 heteroatoms. The van der Waals surface area contributed by atoms with Crippen molar-refractivity contribution in [2.24, 2.45) is 11.0 Å². The molecular formula is C17H17ClN2OS. The molecule has 1 aromatic heterocycles. The van der Waals surface area contributed by atoms with Gasteiger partial charge in [0, 0.05) is 16.3 Å². The van der Waals surface area contributed by atoms with Gasteiger partial charge in [-0.2, -0.15) is 5.10 Å².